The van der Waals surface area contributed by atoms with Crippen molar-refractivity contribution in [2.24, 2.45) is 5.10 Å². The molecule has 0 spiro atoms. The third-order valence-corrected chi connectivity index (χ3v) is 3.39. The SMILES string of the molecule is Cc1cccc(C)c1NC(=O)c1ccccc1NN=C(C#N)C#N. The van der Waals surface area contributed by atoms with Crippen LogP contribution >= 0.6 is 0 Å². The van der Waals surface area contributed by atoms with E-state index in [9.17, 15) is 4.79 Å². The van der Waals surface area contributed by atoms with E-state index in [-0.39, 0.29) is 11.6 Å². The minimum Gasteiger partial charge on any atom is -0.321 e. The molecular formula is C18H15N5O. The normalized spacial score (nSPS) is 9.33. The molecule has 6 nitrogen and oxygen atoms in total. The van der Waals surface area contributed by atoms with Gasteiger partial charge in [-0.25, -0.2) is 0 Å². The average Bonchev–Trinajstić information content (AvgIpc) is 2.59. The van der Waals surface area contributed by atoms with E-state index < -0.39 is 0 Å². The smallest absolute Gasteiger partial charge is 0.257 e. The van der Waals surface area contributed by atoms with Crippen molar-refractivity contribution < 1.29 is 4.79 Å². The zero-order valence-corrected chi connectivity index (χ0v) is 13.3. The third-order valence-electron chi connectivity index (χ3n) is 3.39. The Kier molecular flexibility index (Phi) is 5.28. The standard InChI is InChI=1S/C18H15N5O/c1-12-6-5-7-13(2)17(12)21-18(24)15-8-3-4-9-16(15)23-22-14(10-19)11-20/h3-9,23H,1-2H3,(H,21,24). The van der Waals surface area contributed by atoms with Gasteiger partial charge >= 0.3 is 0 Å². The van der Waals surface area contributed by atoms with Gasteiger partial charge in [-0.1, -0.05) is 30.3 Å². The van der Waals surface area contributed by atoms with E-state index in [1.165, 1.54) is 0 Å². The van der Waals surface area contributed by atoms with Gasteiger partial charge in [0.2, 0.25) is 5.71 Å². The molecule has 2 aromatic rings. The lowest BCUT2D eigenvalue weighted by Gasteiger charge is -2.13. The second kappa shape index (κ2) is 7.57. The van der Waals surface area contributed by atoms with Crippen molar-refractivity contribution in [3.63, 3.8) is 0 Å². The molecule has 0 aromatic heterocycles. The number of nitrogens with one attached hydrogen (secondary N) is 2. The molecule has 1 amide bonds. The molecular weight excluding hydrogens is 302 g/mol. The largest absolute Gasteiger partial charge is 0.321 e. The lowest BCUT2D eigenvalue weighted by atomic mass is 10.1. The van der Waals surface area contributed by atoms with Crippen LogP contribution in [0.1, 0.15) is 21.5 Å². The molecule has 6 heteroatoms. The third kappa shape index (κ3) is 3.76. The van der Waals surface area contributed by atoms with Crippen molar-refractivity contribution in [3.8, 4) is 12.1 Å². The van der Waals surface area contributed by atoms with Gasteiger partial charge in [-0.3, -0.25) is 10.2 Å². The molecule has 0 fully saturated rings. The van der Waals surface area contributed by atoms with Gasteiger partial charge in [0.1, 0.15) is 12.1 Å². The van der Waals surface area contributed by atoms with Crippen molar-refractivity contribution in [2.45, 2.75) is 13.8 Å². The predicted octanol–water partition coefficient (Wildman–Crippen LogP) is 3.37. The van der Waals surface area contributed by atoms with Crippen LogP contribution < -0.4 is 10.7 Å². The van der Waals surface area contributed by atoms with Crippen LogP contribution in [0.4, 0.5) is 11.4 Å². The summed E-state index contributed by atoms with van der Waals surface area (Å²) in [4.78, 5) is 12.6. The maximum Gasteiger partial charge on any atom is 0.257 e. The number of anilines is 2. The van der Waals surface area contributed by atoms with Crippen LogP contribution in [0.3, 0.4) is 0 Å². The number of hydrazone groups is 1. The number of amides is 1. The highest BCUT2D eigenvalue weighted by Crippen LogP contribution is 2.22. The Morgan fingerprint density at radius 3 is 2.25 bits per heavy atom. The molecule has 2 N–H and O–H groups in total. The summed E-state index contributed by atoms with van der Waals surface area (Å²) in [6.45, 7) is 3.84. The second-order valence-electron chi connectivity index (χ2n) is 5.06. The Labute approximate surface area is 140 Å². The van der Waals surface area contributed by atoms with Gasteiger partial charge in [0, 0.05) is 5.69 Å². The summed E-state index contributed by atoms with van der Waals surface area (Å²) in [6, 6.07) is 15.8. The van der Waals surface area contributed by atoms with E-state index in [1.807, 2.05) is 32.0 Å². The monoisotopic (exact) mass is 317 g/mol. The Morgan fingerprint density at radius 2 is 1.62 bits per heavy atom. The zero-order valence-electron chi connectivity index (χ0n) is 13.3. The van der Waals surface area contributed by atoms with E-state index in [0.717, 1.165) is 16.8 Å². The quantitative estimate of drug-likeness (QED) is 0.666. The van der Waals surface area contributed by atoms with E-state index in [0.29, 0.717) is 11.3 Å². The first-order chi connectivity index (χ1) is 11.6. The van der Waals surface area contributed by atoms with E-state index in [1.54, 1.807) is 36.4 Å². The van der Waals surface area contributed by atoms with E-state index in [2.05, 4.69) is 15.8 Å². The zero-order chi connectivity index (χ0) is 17.5. The number of nitrogens with zero attached hydrogens (tertiary/aromatic N) is 3. The van der Waals surface area contributed by atoms with E-state index >= 15 is 0 Å². The van der Waals surface area contributed by atoms with Crippen LogP contribution in [0.5, 0.6) is 0 Å². The molecule has 0 saturated carbocycles. The first-order valence-electron chi connectivity index (χ1n) is 7.17. The fourth-order valence-corrected chi connectivity index (χ4v) is 2.16. The van der Waals surface area contributed by atoms with Gasteiger partial charge in [0.05, 0.1) is 11.3 Å². The summed E-state index contributed by atoms with van der Waals surface area (Å²) in [7, 11) is 0. The summed E-state index contributed by atoms with van der Waals surface area (Å²) >= 11 is 0. The highest BCUT2D eigenvalue weighted by molar-refractivity contribution is 6.11. The number of nitriles is 2. The summed E-state index contributed by atoms with van der Waals surface area (Å²) in [5.74, 6) is -0.304. The van der Waals surface area contributed by atoms with E-state index in [4.69, 9.17) is 10.5 Å². The number of carbonyl (C=O) groups excluding carboxylic acids is 1. The van der Waals surface area contributed by atoms with Crippen LogP contribution in [0.25, 0.3) is 0 Å². The summed E-state index contributed by atoms with van der Waals surface area (Å²) < 4.78 is 0. The summed E-state index contributed by atoms with van der Waals surface area (Å²) in [5, 5.41) is 24.0. The first kappa shape index (κ1) is 16.7. The second-order valence-corrected chi connectivity index (χ2v) is 5.06. The molecule has 0 bridgehead atoms. The van der Waals surface area contributed by atoms with Crippen molar-refractivity contribution in [3.05, 3.63) is 59.2 Å². The van der Waals surface area contributed by atoms with Gasteiger partial charge in [0.25, 0.3) is 5.91 Å². The van der Waals surface area contributed by atoms with Gasteiger partial charge < -0.3 is 5.32 Å². The van der Waals surface area contributed by atoms with Crippen molar-refractivity contribution >= 4 is 23.0 Å². The van der Waals surface area contributed by atoms with Crippen LogP contribution in [0.2, 0.25) is 0 Å². The lowest BCUT2D eigenvalue weighted by molar-refractivity contribution is 0.102. The van der Waals surface area contributed by atoms with Gasteiger partial charge in [-0.05, 0) is 37.1 Å². The molecule has 0 heterocycles. The number of rotatable bonds is 4. The Morgan fingerprint density at radius 1 is 1.00 bits per heavy atom. The average molecular weight is 317 g/mol. The summed E-state index contributed by atoms with van der Waals surface area (Å²) in [6.07, 6.45) is 0. The molecule has 2 aromatic carbocycles. The molecule has 118 valence electrons. The minimum atomic E-state index is -0.319. The number of hydrogen-bond donors (Lipinski definition) is 2. The number of carbonyl (C=O) groups is 1. The van der Waals surface area contributed by atoms with Gasteiger partial charge in [-0.15, -0.1) is 0 Å². The topological polar surface area (TPSA) is 101 Å². The van der Waals surface area contributed by atoms with Crippen LogP contribution in [-0.4, -0.2) is 11.6 Å². The van der Waals surface area contributed by atoms with Crippen LogP contribution in [0, 0.1) is 36.5 Å². The lowest BCUT2D eigenvalue weighted by Crippen LogP contribution is -2.15. The number of aryl methyl sites for hydroxylation is 2. The number of para-hydroxylation sites is 2. The van der Waals surface area contributed by atoms with Crippen molar-refractivity contribution in [1.29, 1.82) is 10.5 Å². The fraction of sp³-hybridized carbons (Fsp3) is 0.111. The highest BCUT2D eigenvalue weighted by atomic mass is 16.1. The first-order valence-corrected chi connectivity index (χ1v) is 7.17. The molecule has 0 aliphatic heterocycles. The molecule has 0 radical (unpaired) electrons. The Balaban J connectivity index is 2.30. The number of hydrogen-bond acceptors (Lipinski definition) is 5. The molecule has 0 atom stereocenters. The maximum absolute atomic E-state index is 12.6. The minimum absolute atomic E-state index is 0.304. The predicted molar refractivity (Wildman–Crippen MR) is 92.6 cm³/mol. The molecule has 2 rings (SSSR count). The van der Waals surface area contributed by atoms with Crippen LogP contribution in [0.15, 0.2) is 47.6 Å². The molecule has 24 heavy (non-hydrogen) atoms. The van der Waals surface area contributed by atoms with Gasteiger partial charge in [-0.2, -0.15) is 15.6 Å². The molecule has 0 aliphatic rings. The van der Waals surface area contributed by atoms with Gasteiger partial charge in [0.15, 0.2) is 0 Å². The Hall–Kier alpha value is -3.64. The van der Waals surface area contributed by atoms with Crippen molar-refractivity contribution in [2.75, 3.05) is 10.7 Å². The Bertz CT molecular complexity index is 851. The maximum atomic E-state index is 12.6. The van der Waals surface area contributed by atoms with Crippen LogP contribution in [-0.2, 0) is 0 Å². The highest BCUT2D eigenvalue weighted by Gasteiger charge is 2.13. The summed E-state index contributed by atoms with van der Waals surface area (Å²) in [5.41, 5.74) is 5.72. The molecule has 0 unspecified atom stereocenters. The number of benzene rings is 2. The molecule has 0 saturated heterocycles. The fourth-order valence-electron chi connectivity index (χ4n) is 2.16. The molecule has 0 aliphatic carbocycles. The van der Waals surface area contributed by atoms with Crippen molar-refractivity contribution in [1.82, 2.24) is 0 Å².